The zero-order valence-corrected chi connectivity index (χ0v) is 13.6. The van der Waals surface area contributed by atoms with Crippen LogP contribution in [0.15, 0.2) is 18.2 Å². The first-order valence-corrected chi connectivity index (χ1v) is 7.76. The second-order valence-corrected chi connectivity index (χ2v) is 6.32. The van der Waals surface area contributed by atoms with Gasteiger partial charge in [0.15, 0.2) is 0 Å². The van der Waals surface area contributed by atoms with E-state index in [9.17, 15) is 14.3 Å². The van der Waals surface area contributed by atoms with Crippen molar-refractivity contribution in [2.24, 2.45) is 5.92 Å². The lowest BCUT2D eigenvalue weighted by Crippen LogP contribution is -2.41. The van der Waals surface area contributed by atoms with Gasteiger partial charge in [-0.1, -0.05) is 6.07 Å². The molecule has 1 heterocycles. The number of carbonyl (C=O) groups excluding carboxylic acids is 1. The highest BCUT2D eigenvalue weighted by atomic mass is 19.1. The Bertz CT molecular complexity index is 525. The summed E-state index contributed by atoms with van der Waals surface area (Å²) in [6, 6.07) is 4.48. The Hall–Kier alpha value is -1.46. The normalized spacial score (nSPS) is 18.2. The first kappa shape index (κ1) is 16.9. The van der Waals surface area contributed by atoms with Gasteiger partial charge in [0.25, 0.3) is 0 Å². The summed E-state index contributed by atoms with van der Waals surface area (Å²) in [6.45, 7) is 3.95. The van der Waals surface area contributed by atoms with Gasteiger partial charge in [0, 0.05) is 26.6 Å². The molecule has 1 N–H and O–H groups in total. The molecular weight excluding hydrogens is 283 g/mol. The van der Waals surface area contributed by atoms with Crippen LogP contribution in [-0.2, 0) is 4.79 Å². The molecule has 1 amide bonds. The summed E-state index contributed by atoms with van der Waals surface area (Å²) >= 11 is 0. The summed E-state index contributed by atoms with van der Waals surface area (Å²) in [5.41, 5.74) is 1.54. The first-order chi connectivity index (χ1) is 10.4. The third-order valence-electron chi connectivity index (χ3n) is 4.40. The Labute approximate surface area is 131 Å². The van der Waals surface area contributed by atoms with Gasteiger partial charge < -0.3 is 14.9 Å². The number of hydrogen-bond acceptors (Lipinski definition) is 3. The zero-order valence-electron chi connectivity index (χ0n) is 13.6. The molecule has 1 atom stereocenters. The molecule has 1 aliphatic rings. The van der Waals surface area contributed by atoms with Gasteiger partial charge in [-0.2, -0.15) is 0 Å². The standard InChI is InChI=1S/C17H25FN2O2/c1-12-10-14(18)4-5-15(12)16(21)11-20-8-6-13(7-9-20)17(22)19(2)3/h4-5,10,13,16,21H,6-9,11H2,1-3H3. The molecule has 0 spiro atoms. The van der Waals surface area contributed by atoms with Crippen molar-refractivity contribution >= 4 is 5.91 Å². The van der Waals surface area contributed by atoms with Crippen molar-refractivity contribution in [2.75, 3.05) is 33.7 Å². The van der Waals surface area contributed by atoms with Crippen molar-refractivity contribution in [3.63, 3.8) is 0 Å². The average Bonchev–Trinajstić information content (AvgIpc) is 2.47. The number of rotatable bonds is 4. The Morgan fingerprint density at radius 3 is 2.59 bits per heavy atom. The lowest BCUT2D eigenvalue weighted by molar-refractivity contribution is -0.134. The highest BCUT2D eigenvalue weighted by Gasteiger charge is 2.27. The average molecular weight is 308 g/mol. The van der Waals surface area contributed by atoms with Crippen LogP contribution in [0.1, 0.15) is 30.1 Å². The lowest BCUT2D eigenvalue weighted by Gasteiger charge is -2.33. The molecule has 122 valence electrons. The van der Waals surface area contributed by atoms with E-state index < -0.39 is 6.10 Å². The first-order valence-electron chi connectivity index (χ1n) is 7.76. The third kappa shape index (κ3) is 4.05. The number of hydrogen-bond donors (Lipinski definition) is 1. The molecule has 2 rings (SSSR count). The number of β-amino-alcohol motifs (C(OH)–C–C–N with tert-alkyl or cyclic N) is 1. The van der Waals surface area contributed by atoms with Gasteiger partial charge in [-0.25, -0.2) is 4.39 Å². The quantitative estimate of drug-likeness (QED) is 0.925. The van der Waals surface area contributed by atoms with Crippen LogP contribution in [0.25, 0.3) is 0 Å². The molecule has 0 bridgehead atoms. The number of aliphatic hydroxyl groups excluding tert-OH is 1. The van der Waals surface area contributed by atoms with E-state index in [4.69, 9.17) is 0 Å². The maximum Gasteiger partial charge on any atom is 0.225 e. The lowest BCUT2D eigenvalue weighted by atomic mass is 9.94. The molecule has 1 aromatic carbocycles. The van der Waals surface area contributed by atoms with Gasteiger partial charge in [-0.15, -0.1) is 0 Å². The molecule has 5 heteroatoms. The predicted molar refractivity (Wildman–Crippen MR) is 84.0 cm³/mol. The number of aliphatic hydroxyl groups is 1. The molecule has 0 saturated carbocycles. The second kappa shape index (κ2) is 7.20. The third-order valence-corrected chi connectivity index (χ3v) is 4.40. The maximum atomic E-state index is 13.1. The van der Waals surface area contributed by atoms with Crippen LogP contribution in [0.4, 0.5) is 4.39 Å². The fourth-order valence-electron chi connectivity index (χ4n) is 3.08. The number of carbonyl (C=O) groups is 1. The number of nitrogens with zero attached hydrogens (tertiary/aromatic N) is 2. The minimum absolute atomic E-state index is 0.0935. The minimum atomic E-state index is -0.623. The molecular formula is C17H25FN2O2. The van der Waals surface area contributed by atoms with Crippen LogP contribution in [-0.4, -0.2) is 54.5 Å². The molecule has 22 heavy (non-hydrogen) atoms. The molecule has 0 radical (unpaired) electrons. The number of benzene rings is 1. The second-order valence-electron chi connectivity index (χ2n) is 6.32. The van der Waals surface area contributed by atoms with Crippen molar-refractivity contribution in [1.82, 2.24) is 9.80 Å². The number of aryl methyl sites for hydroxylation is 1. The zero-order chi connectivity index (χ0) is 16.3. The summed E-state index contributed by atoms with van der Waals surface area (Å²) in [4.78, 5) is 15.8. The van der Waals surface area contributed by atoms with E-state index in [1.807, 2.05) is 6.92 Å². The smallest absolute Gasteiger partial charge is 0.225 e. The van der Waals surface area contributed by atoms with Crippen LogP contribution in [0, 0.1) is 18.7 Å². The van der Waals surface area contributed by atoms with E-state index in [1.165, 1.54) is 12.1 Å². The van der Waals surface area contributed by atoms with E-state index in [1.54, 1.807) is 25.1 Å². The van der Waals surface area contributed by atoms with Crippen LogP contribution in [0.3, 0.4) is 0 Å². The minimum Gasteiger partial charge on any atom is -0.387 e. The SMILES string of the molecule is Cc1cc(F)ccc1C(O)CN1CCC(C(=O)N(C)C)CC1. The largest absolute Gasteiger partial charge is 0.387 e. The van der Waals surface area contributed by atoms with E-state index >= 15 is 0 Å². The summed E-state index contributed by atoms with van der Waals surface area (Å²) in [5, 5.41) is 10.4. The van der Waals surface area contributed by atoms with Crippen molar-refractivity contribution in [1.29, 1.82) is 0 Å². The number of likely N-dealkylation sites (tertiary alicyclic amines) is 1. The van der Waals surface area contributed by atoms with Gasteiger partial charge in [0.2, 0.25) is 5.91 Å². The molecule has 0 aliphatic carbocycles. The molecule has 1 fully saturated rings. The Balaban J connectivity index is 1.89. The van der Waals surface area contributed by atoms with Crippen molar-refractivity contribution in [3.8, 4) is 0 Å². The van der Waals surface area contributed by atoms with Gasteiger partial charge >= 0.3 is 0 Å². The van der Waals surface area contributed by atoms with Crippen LogP contribution < -0.4 is 0 Å². The van der Waals surface area contributed by atoms with Gasteiger partial charge in [-0.3, -0.25) is 4.79 Å². The fraction of sp³-hybridized carbons (Fsp3) is 0.588. The van der Waals surface area contributed by atoms with Crippen LogP contribution >= 0.6 is 0 Å². The Morgan fingerprint density at radius 2 is 2.05 bits per heavy atom. The van der Waals surface area contributed by atoms with E-state index in [0.717, 1.165) is 37.1 Å². The van der Waals surface area contributed by atoms with Crippen molar-refractivity contribution < 1.29 is 14.3 Å². The highest BCUT2D eigenvalue weighted by molar-refractivity contribution is 5.78. The monoisotopic (exact) mass is 308 g/mol. The molecule has 4 nitrogen and oxygen atoms in total. The van der Waals surface area contributed by atoms with Gasteiger partial charge in [-0.05, 0) is 56.1 Å². The van der Waals surface area contributed by atoms with Crippen LogP contribution in [0.2, 0.25) is 0 Å². The molecule has 1 aromatic rings. The number of amides is 1. The summed E-state index contributed by atoms with van der Waals surface area (Å²) < 4.78 is 13.1. The molecule has 1 saturated heterocycles. The highest BCUT2D eigenvalue weighted by Crippen LogP contribution is 2.23. The number of halogens is 1. The van der Waals surface area contributed by atoms with E-state index in [-0.39, 0.29) is 17.6 Å². The van der Waals surface area contributed by atoms with E-state index in [0.29, 0.717) is 6.54 Å². The maximum absolute atomic E-state index is 13.1. The van der Waals surface area contributed by atoms with Gasteiger partial charge in [0.05, 0.1) is 6.10 Å². The molecule has 0 aromatic heterocycles. The Kier molecular flexibility index (Phi) is 5.53. The van der Waals surface area contributed by atoms with E-state index in [2.05, 4.69) is 4.90 Å². The Morgan fingerprint density at radius 1 is 1.41 bits per heavy atom. The molecule has 1 aliphatic heterocycles. The van der Waals surface area contributed by atoms with Crippen LogP contribution in [0.5, 0.6) is 0 Å². The fourth-order valence-corrected chi connectivity index (χ4v) is 3.08. The van der Waals surface area contributed by atoms with Crippen molar-refractivity contribution in [3.05, 3.63) is 35.1 Å². The van der Waals surface area contributed by atoms with Crippen molar-refractivity contribution in [2.45, 2.75) is 25.9 Å². The summed E-state index contributed by atoms with van der Waals surface area (Å²) in [7, 11) is 3.57. The summed E-state index contributed by atoms with van der Waals surface area (Å²) in [6.07, 6.45) is 1.03. The van der Waals surface area contributed by atoms with Gasteiger partial charge in [0.1, 0.15) is 5.82 Å². The topological polar surface area (TPSA) is 43.8 Å². The molecule has 1 unspecified atom stereocenters. The predicted octanol–water partition coefficient (Wildman–Crippen LogP) is 1.97. The summed E-state index contributed by atoms with van der Waals surface area (Å²) in [5.74, 6) is 0.00184. The number of piperidine rings is 1.